The molecule has 1 fully saturated rings. The number of hydrogen-bond acceptors (Lipinski definition) is 6. The molecule has 3 aromatic rings. The predicted molar refractivity (Wildman–Crippen MR) is 112 cm³/mol. The molecular formula is C22H25N3O3S. The van der Waals surface area contributed by atoms with Crippen molar-refractivity contribution in [2.75, 3.05) is 13.1 Å². The third kappa shape index (κ3) is 5.53. The van der Waals surface area contributed by atoms with Crippen LogP contribution in [-0.2, 0) is 24.3 Å². The average molecular weight is 412 g/mol. The first-order valence-electron chi connectivity index (χ1n) is 9.89. The van der Waals surface area contributed by atoms with E-state index in [0.717, 1.165) is 54.5 Å². The summed E-state index contributed by atoms with van der Waals surface area (Å²) in [4.78, 5) is 19.1. The Labute approximate surface area is 174 Å². The number of aliphatic hydroxyl groups excluding tert-OH is 1. The normalized spacial score (nSPS) is 15.5. The Morgan fingerprint density at radius 1 is 1.21 bits per heavy atom. The molecule has 1 aliphatic heterocycles. The molecule has 7 heteroatoms. The van der Waals surface area contributed by atoms with E-state index in [4.69, 9.17) is 4.42 Å². The smallest absolute Gasteiger partial charge is 0.226 e. The Balaban J connectivity index is 1.23. The Bertz CT molecular complexity index is 913. The number of nitrogens with zero attached hydrogens (tertiary/aromatic N) is 2. The highest BCUT2D eigenvalue weighted by atomic mass is 32.1. The molecule has 3 heterocycles. The van der Waals surface area contributed by atoms with Gasteiger partial charge in [-0.15, -0.1) is 11.3 Å². The highest BCUT2D eigenvalue weighted by Crippen LogP contribution is 2.24. The number of likely N-dealkylation sites (tertiary alicyclic amines) is 1. The van der Waals surface area contributed by atoms with Gasteiger partial charge in [-0.3, -0.25) is 9.69 Å². The Morgan fingerprint density at radius 3 is 2.69 bits per heavy atom. The fourth-order valence-electron chi connectivity index (χ4n) is 3.43. The van der Waals surface area contributed by atoms with Crippen molar-refractivity contribution in [1.29, 1.82) is 0 Å². The van der Waals surface area contributed by atoms with Gasteiger partial charge >= 0.3 is 0 Å². The Morgan fingerprint density at radius 2 is 1.97 bits per heavy atom. The molecule has 1 aliphatic rings. The van der Waals surface area contributed by atoms with E-state index in [1.165, 1.54) is 16.9 Å². The third-order valence-electron chi connectivity index (χ3n) is 5.10. The van der Waals surface area contributed by atoms with Gasteiger partial charge in [0, 0.05) is 31.6 Å². The van der Waals surface area contributed by atoms with Crippen LogP contribution in [0.25, 0.3) is 10.8 Å². The lowest BCUT2D eigenvalue weighted by molar-refractivity contribution is -0.120. The van der Waals surface area contributed by atoms with Crippen molar-refractivity contribution in [2.45, 2.75) is 38.5 Å². The largest absolute Gasteiger partial charge is 0.462 e. The molecule has 1 saturated heterocycles. The van der Waals surface area contributed by atoms with E-state index < -0.39 is 0 Å². The first-order chi connectivity index (χ1) is 14.2. The summed E-state index contributed by atoms with van der Waals surface area (Å²) in [6, 6.07) is 12.0. The number of nitrogens with one attached hydrogen (secondary N) is 1. The van der Waals surface area contributed by atoms with E-state index in [9.17, 15) is 9.90 Å². The Kier molecular flexibility index (Phi) is 6.39. The van der Waals surface area contributed by atoms with E-state index >= 15 is 0 Å². The highest BCUT2D eigenvalue weighted by Gasteiger charge is 2.16. The maximum Gasteiger partial charge on any atom is 0.226 e. The van der Waals surface area contributed by atoms with Gasteiger partial charge in [-0.2, -0.15) is 0 Å². The summed E-state index contributed by atoms with van der Waals surface area (Å²) in [7, 11) is 0. The van der Waals surface area contributed by atoms with Crippen LogP contribution in [0.5, 0.6) is 0 Å². The van der Waals surface area contributed by atoms with Crippen LogP contribution in [0.2, 0.25) is 0 Å². The summed E-state index contributed by atoms with van der Waals surface area (Å²) in [5, 5.41) is 15.2. The minimum Gasteiger partial charge on any atom is -0.462 e. The van der Waals surface area contributed by atoms with Crippen LogP contribution in [0.1, 0.15) is 29.7 Å². The van der Waals surface area contributed by atoms with Crippen LogP contribution < -0.4 is 5.32 Å². The summed E-state index contributed by atoms with van der Waals surface area (Å²) >= 11 is 1.48. The van der Waals surface area contributed by atoms with Gasteiger partial charge < -0.3 is 14.8 Å². The van der Waals surface area contributed by atoms with Crippen LogP contribution in [0.15, 0.2) is 52.5 Å². The fourth-order valence-corrected chi connectivity index (χ4v) is 4.21. The van der Waals surface area contributed by atoms with Crippen LogP contribution in [0.3, 0.4) is 0 Å². The molecule has 1 aromatic carbocycles. The minimum atomic E-state index is -0.141. The molecule has 0 aliphatic carbocycles. The molecule has 0 spiro atoms. The van der Waals surface area contributed by atoms with Gasteiger partial charge in [0.25, 0.3) is 0 Å². The van der Waals surface area contributed by atoms with Gasteiger partial charge in [0.05, 0.1) is 24.5 Å². The zero-order valence-electron chi connectivity index (χ0n) is 16.2. The minimum absolute atomic E-state index is 0.0442. The van der Waals surface area contributed by atoms with E-state index in [0.29, 0.717) is 6.54 Å². The summed E-state index contributed by atoms with van der Waals surface area (Å²) < 4.78 is 5.34. The molecule has 0 radical (unpaired) electrons. The van der Waals surface area contributed by atoms with Crippen molar-refractivity contribution in [3.8, 4) is 10.8 Å². The van der Waals surface area contributed by atoms with Crippen molar-refractivity contribution in [3.63, 3.8) is 0 Å². The summed E-state index contributed by atoms with van der Waals surface area (Å²) in [5.74, 6) is 0.680. The molecular weight excluding hydrogens is 386 g/mol. The molecule has 6 nitrogen and oxygen atoms in total. The fraction of sp³-hybridized carbons (Fsp3) is 0.364. The second kappa shape index (κ2) is 9.35. The first-order valence-corrected chi connectivity index (χ1v) is 10.8. The van der Waals surface area contributed by atoms with Crippen LogP contribution in [-0.4, -0.2) is 40.1 Å². The molecule has 0 atom stereocenters. The molecule has 1 amide bonds. The summed E-state index contributed by atoms with van der Waals surface area (Å²) in [5.41, 5.74) is 3.08. The number of carbonyl (C=O) groups is 1. The van der Waals surface area contributed by atoms with E-state index in [2.05, 4.69) is 39.5 Å². The number of benzene rings is 1. The molecule has 2 N–H and O–H groups in total. The zero-order valence-corrected chi connectivity index (χ0v) is 17.0. The molecule has 2 aromatic heterocycles. The lowest BCUT2D eigenvalue weighted by Gasteiger charge is -2.29. The number of hydrogen-bond donors (Lipinski definition) is 2. The van der Waals surface area contributed by atoms with Crippen molar-refractivity contribution >= 4 is 17.2 Å². The molecule has 0 unspecified atom stereocenters. The van der Waals surface area contributed by atoms with Crippen molar-refractivity contribution in [3.05, 3.63) is 64.9 Å². The topological polar surface area (TPSA) is 78.6 Å². The number of rotatable bonds is 7. The predicted octanol–water partition coefficient (Wildman–Crippen LogP) is 3.22. The number of aliphatic hydroxyl groups is 1. The number of amides is 1. The first kappa shape index (κ1) is 19.8. The standard InChI is InChI=1S/C22H25N3O3S/c26-19-7-9-25(10-8-19)14-17-5-3-16(4-6-17)13-23-21(27)12-18-15-29-22(24-18)20-2-1-11-28-20/h1-6,11,15,19,26H,7-10,12-14H2,(H,23,27). The number of carbonyl (C=O) groups excluding carboxylic acids is 1. The monoisotopic (exact) mass is 411 g/mol. The van der Waals surface area contributed by atoms with Crippen LogP contribution >= 0.6 is 11.3 Å². The lowest BCUT2D eigenvalue weighted by atomic mass is 10.1. The van der Waals surface area contributed by atoms with Gasteiger partial charge in [-0.25, -0.2) is 4.98 Å². The van der Waals surface area contributed by atoms with Gasteiger partial charge in [0.1, 0.15) is 0 Å². The average Bonchev–Trinajstić information content (AvgIpc) is 3.41. The highest BCUT2D eigenvalue weighted by molar-refractivity contribution is 7.13. The second-order valence-electron chi connectivity index (χ2n) is 7.40. The SMILES string of the molecule is O=C(Cc1csc(-c2ccco2)n1)NCc1ccc(CN2CCC(O)CC2)cc1. The van der Waals surface area contributed by atoms with Gasteiger partial charge in [0.2, 0.25) is 5.91 Å². The van der Waals surface area contributed by atoms with E-state index in [1.807, 2.05) is 17.5 Å². The summed E-state index contributed by atoms with van der Waals surface area (Å²) in [6.45, 7) is 3.29. The second-order valence-corrected chi connectivity index (χ2v) is 8.26. The quantitative estimate of drug-likeness (QED) is 0.624. The maximum absolute atomic E-state index is 12.2. The lowest BCUT2D eigenvalue weighted by Crippen LogP contribution is -2.35. The third-order valence-corrected chi connectivity index (χ3v) is 6.01. The summed E-state index contributed by atoms with van der Waals surface area (Å²) in [6.07, 6.45) is 3.44. The van der Waals surface area contributed by atoms with Crippen molar-refractivity contribution in [2.24, 2.45) is 0 Å². The number of thiazole rings is 1. The number of furan rings is 1. The van der Waals surface area contributed by atoms with Crippen molar-refractivity contribution in [1.82, 2.24) is 15.2 Å². The van der Waals surface area contributed by atoms with Crippen LogP contribution in [0.4, 0.5) is 0 Å². The maximum atomic E-state index is 12.2. The molecule has 0 saturated carbocycles. The van der Waals surface area contributed by atoms with Crippen molar-refractivity contribution < 1.29 is 14.3 Å². The van der Waals surface area contributed by atoms with Gasteiger partial charge in [-0.05, 0) is 36.1 Å². The van der Waals surface area contributed by atoms with Gasteiger partial charge in [-0.1, -0.05) is 24.3 Å². The number of piperidine rings is 1. The van der Waals surface area contributed by atoms with Crippen LogP contribution in [0, 0.1) is 0 Å². The zero-order chi connectivity index (χ0) is 20.1. The molecule has 152 valence electrons. The van der Waals surface area contributed by atoms with Gasteiger partial charge in [0.15, 0.2) is 10.8 Å². The molecule has 4 rings (SSSR count). The Hall–Kier alpha value is -2.48. The van der Waals surface area contributed by atoms with E-state index in [-0.39, 0.29) is 18.4 Å². The van der Waals surface area contributed by atoms with E-state index in [1.54, 1.807) is 6.26 Å². The molecule has 29 heavy (non-hydrogen) atoms. The number of aromatic nitrogens is 1. The molecule has 0 bridgehead atoms.